The number of hydrazine groups is 1. The Hall–Kier alpha value is -1.39. The van der Waals surface area contributed by atoms with Crippen molar-refractivity contribution in [3.63, 3.8) is 0 Å². The smallest absolute Gasteiger partial charge is 0.197 e. The van der Waals surface area contributed by atoms with E-state index in [9.17, 15) is 0 Å². The molecule has 0 fully saturated rings. The van der Waals surface area contributed by atoms with E-state index in [0.29, 0.717) is 0 Å². The van der Waals surface area contributed by atoms with Crippen molar-refractivity contribution < 1.29 is 0 Å². The molecule has 4 heteroatoms. The Morgan fingerprint density at radius 1 is 1.22 bits per heavy atom. The van der Waals surface area contributed by atoms with Crippen LogP contribution in [0.3, 0.4) is 0 Å². The lowest BCUT2D eigenvalue weighted by atomic mass is 9.90. The van der Waals surface area contributed by atoms with Gasteiger partial charge in [0.1, 0.15) is 0 Å². The van der Waals surface area contributed by atoms with Gasteiger partial charge in [-0.2, -0.15) is 0 Å². The molecule has 0 bridgehead atoms. The Labute approximate surface area is 111 Å². The topological polar surface area (TPSA) is 50.9 Å². The summed E-state index contributed by atoms with van der Waals surface area (Å²) in [4.78, 5) is 5.74. The van der Waals surface area contributed by atoms with E-state index in [2.05, 4.69) is 35.5 Å². The minimum Gasteiger partial charge on any atom is -0.300 e. The quantitative estimate of drug-likeness (QED) is 0.643. The number of hydrogen-bond acceptors (Lipinski definition) is 4. The summed E-state index contributed by atoms with van der Waals surface area (Å²) in [6.07, 6.45) is 5.06. The van der Waals surface area contributed by atoms with Crippen molar-refractivity contribution in [1.82, 2.24) is 4.98 Å². The molecule has 3 rings (SSSR count). The van der Waals surface area contributed by atoms with Crippen LogP contribution in [0.15, 0.2) is 18.2 Å². The van der Waals surface area contributed by atoms with E-state index >= 15 is 0 Å². The monoisotopic (exact) mass is 259 g/mol. The van der Waals surface area contributed by atoms with E-state index in [1.807, 2.05) is 0 Å². The summed E-state index contributed by atoms with van der Waals surface area (Å²) >= 11 is 1.60. The van der Waals surface area contributed by atoms with Crippen molar-refractivity contribution in [2.45, 2.75) is 32.6 Å². The van der Waals surface area contributed by atoms with Gasteiger partial charge in [-0.15, -0.1) is 11.3 Å². The van der Waals surface area contributed by atoms with Crippen molar-refractivity contribution in [2.75, 3.05) is 5.43 Å². The summed E-state index contributed by atoms with van der Waals surface area (Å²) in [5.41, 5.74) is 7.90. The number of benzene rings is 1. The van der Waals surface area contributed by atoms with Crippen LogP contribution in [0.2, 0.25) is 0 Å². The molecule has 3 nitrogen and oxygen atoms in total. The third-order valence-electron chi connectivity index (χ3n) is 3.54. The Balaban J connectivity index is 2.03. The molecule has 1 aliphatic carbocycles. The molecule has 1 aliphatic rings. The van der Waals surface area contributed by atoms with Crippen LogP contribution < -0.4 is 11.3 Å². The van der Waals surface area contributed by atoms with Crippen molar-refractivity contribution in [3.05, 3.63) is 34.2 Å². The van der Waals surface area contributed by atoms with Crippen molar-refractivity contribution in [1.29, 1.82) is 0 Å². The fraction of sp³-hybridized carbons (Fsp3) is 0.357. The van der Waals surface area contributed by atoms with Crippen LogP contribution in [0, 0.1) is 6.92 Å². The SMILES string of the molecule is Cc1sc(NN)nc1-c1ccc2c(c1)CCCC2. The molecule has 0 aliphatic heterocycles. The minimum atomic E-state index is 0.778. The average Bonchev–Trinajstić information content (AvgIpc) is 2.79. The number of nitrogens with one attached hydrogen (secondary N) is 1. The zero-order chi connectivity index (χ0) is 12.5. The zero-order valence-corrected chi connectivity index (χ0v) is 11.3. The summed E-state index contributed by atoms with van der Waals surface area (Å²) in [6, 6.07) is 6.75. The zero-order valence-electron chi connectivity index (χ0n) is 10.5. The molecule has 0 atom stereocenters. The maximum atomic E-state index is 5.42. The van der Waals surface area contributed by atoms with Crippen molar-refractivity contribution in [2.24, 2.45) is 5.84 Å². The number of anilines is 1. The highest BCUT2D eigenvalue weighted by atomic mass is 32.1. The lowest BCUT2D eigenvalue weighted by Gasteiger charge is -2.16. The van der Waals surface area contributed by atoms with Gasteiger partial charge in [-0.05, 0) is 49.8 Å². The number of nitrogens with zero attached hydrogens (tertiary/aromatic N) is 1. The number of thiazole rings is 1. The fourth-order valence-electron chi connectivity index (χ4n) is 2.61. The first-order valence-electron chi connectivity index (χ1n) is 6.34. The molecule has 1 aromatic carbocycles. The number of hydrogen-bond donors (Lipinski definition) is 2. The molecule has 3 N–H and O–H groups in total. The second-order valence-electron chi connectivity index (χ2n) is 4.76. The maximum absolute atomic E-state index is 5.42. The van der Waals surface area contributed by atoms with E-state index in [4.69, 9.17) is 5.84 Å². The molecular weight excluding hydrogens is 242 g/mol. The van der Waals surface area contributed by atoms with Crippen LogP contribution in [0.1, 0.15) is 28.8 Å². The average molecular weight is 259 g/mol. The summed E-state index contributed by atoms with van der Waals surface area (Å²) in [6.45, 7) is 2.09. The first-order valence-corrected chi connectivity index (χ1v) is 7.16. The molecule has 0 spiro atoms. The third-order valence-corrected chi connectivity index (χ3v) is 4.44. The predicted molar refractivity (Wildman–Crippen MR) is 76.7 cm³/mol. The van der Waals surface area contributed by atoms with Crippen LogP contribution in [0.25, 0.3) is 11.3 Å². The van der Waals surface area contributed by atoms with Gasteiger partial charge in [-0.3, -0.25) is 5.43 Å². The molecule has 1 heterocycles. The molecule has 2 aromatic rings. The minimum absolute atomic E-state index is 0.778. The molecule has 1 aromatic heterocycles. The third kappa shape index (κ3) is 2.02. The second kappa shape index (κ2) is 4.71. The summed E-state index contributed by atoms with van der Waals surface area (Å²) in [5.74, 6) is 5.42. The largest absolute Gasteiger partial charge is 0.300 e. The van der Waals surface area contributed by atoms with Gasteiger partial charge >= 0.3 is 0 Å². The Bertz CT molecular complexity index is 574. The maximum Gasteiger partial charge on any atom is 0.197 e. The van der Waals surface area contributed by atoms with Crippen LogP contribution >= 0.6 is 11.3 Å². The van der Waals surface area contributed by atoms with Gasteiger partial charge in [0, 0.05) is 10.4 Å². The second-order valence-corrected chi connectivity index (χ2v) is 5.96. The van der Waals surface area contributed by atoms with Gasteiger partial charge in [0.2, 0.25) is 0 Å². The van der Waals surface area contributed by atoms with E-state index in [1.165, 1.54) is 47.3 Å². The van der Waals surface area contributed by atoms with E-state index < -0.39 is 0 Å². The molecule has 0 saturated carbocycles. The van der Waals surface area contributed by atoms with Crippen LogP contribution in [-0.4, -0.2) is 4.98 Å². The van der Waals surface area contributed by atoms with Crippen LogP contribution in [0.4, 0.5) is 5.13 Å². The molecule has 0 saturated heterocycles. The Kier molecular flexibility index (Phi) is 3.06. The summed E-state index contributed by atoms with van der Waals surface area (Å²) < 4.78 is 0. The molecule has 0 unspecified atom stereocenters. The Morgan fingerprint density at radius 2 is 2.00 bits per heavy atom. The van der Waals surface area contributed by atoms with Gasteiger partial charge in [0.25, 0.3) is 0 Å². The predicted octanol–water partition coefficient (Wildman–Crippen LogP) is 3.28. The number of nitrogens with two attached hydrogens (primary N) is 1. The van der Waals surface area contributed by atoms with Gasteiger partial charge < -0.3 is 0 Å². The number of rotatable bonds is 2. The molecule has 0 radical (unpaired) electrons. The lowest BCUT2D eigenvalue weighted by molar-refractivity contribution is 0.686. The number of aromatic nitrogens is 1. The lowest BCUT2D eigenvalue weighted by Crippen LogP contribution is -2.05. The first kappa shape index (κ1) is 11.7. The molecule has 94 valence electrons. The van der Waals surface area contributed by atoms with Crippen LogP contribution in [0.5, 0.6) is 0 Å². The van der Waals surface area contributed by atoms with Crippen molar-refractivity contribution >= 4 is 16.5 Å². The van der Waals surface area contributed by atoms with Crippen LogP contribution in [-0.2, 0) is 12.8 Å². The van der Waals surface area contributed by atoms with Gasteiger partial charge in [-0.1, -0.05) is 12.1 Å². The van der Waals surface area contributed by atoms with E-state index in [0.717, 1.165) is 10.8 Å². The normalized spacial score (nSPS) is 14.3. The number of fused-ring (bicyclic) bond motifs is 1. The highest BCUT2D eigenvalue weighted by molar-refractivity contribution is 7.15. The summed E-state index contributed by atoms with van der Waals surface area (Å²) in [5, 5.41) is 0.778. The fourth-order valence-corrected chi connectivity index (χ4v) is 3.35. The standard InChI is InChI=1S/C14H17N3S/c1-9-13(16-14(17-15)18-9)12-7-6-10-4-2-3-5-11(10)8-12/h6-8H,2-5,15H2,1H3,(H,16,17). The number of nitrogen functional groups attached to an aromatic ring is 1. The first-order chi connectivity index (χ1) is 8.78. The van der Waals surface area contributed by atoms with E-state index in [1.54, 1.807) is 11.3 Å². The summed E-state index contributed by atoms with van der Waals surface area (Å²) in [7, 11) is 0. The Morgan fingerprint density at radius 3 is 2.72 bits per heavy atom. The number of aryl methyl sites for hydroxylation is 3. The molecule has 18 heavy (non-hydrogen) atoms. The van der Waals surface area contributed by atoms with E-state index in [-0.39, 0.29) is 0 Å². The van der Waals surface area contributed by atoms with Gasteiger partial charge in [-0.25, -0.2) is 10.8 Å². The molecular formula is C14H17N3S. The highest BCUT2D eigenvalue weighted by Gasteiger charge is 2.13. The van der Waals surface area contributed by atoms with Crippen molar-refractivity contribution in [3.8, 4) is 11.3 Å². The highest BCUT2D eigenvalue weighted by Crippen LogP contribution is 2.32. The van der Waals surface area contributed by atoms with Gasteiger partial charge in [0.05, 0.1) is 5.69 Å². The van der Waals surface area contributed by atoms with Gasteiger partial charge in [0.15, 0.2) is 5.13 Å². The molecule has 0 amide bonds.